The number of nitrogens with two attached hydrogens (primary N) is 1. The second kappa shape index (κ2) is 4.65. The highest BCUT2D eigenvalue weighted by Gasteiger charge is 2.31. The third-order valence-electron chi connectivity index (χ3n) is 3.07. The number of nitrogen functional groups attached to an aromatic ring is 1. The minimum atomic E-state index is 0.372. The van der Waals surface area contributed by atoms with Gasteiger partial charge in [-0.1, -0.05) is 6.92 Å². The molecule has 1 saturated heterocycles. The summed E-state index contributed by atoms with van der Waals surface area (Å²) < 4.78 is 0. The molecule has 2 heterocycles. The van der Waals surface area contributed by atoms with Crippen molar-refractivity contribution in [2.24, 2.45) is 0 Å². The van der Waals surface area contributed by atoms with Crippen molar-refractivity contribution in [1.29, 1.82) is 0 Å². The van der Waals surface area contributed by atoms with Gasteiger partial charge >= 0.3 is 0 Å². The van der Waals surface area contributed by atoms with Gasteiger partial charge in [0.2, 0.25) is 5.95 Å². The highest BCUT2D eigenvalue weighted by Crippen LogP contribution is 2.43. The molecule has 0 radical (unpaired) electrons. The molecular formula is C11H16N4S2. The fraction of sp³-hybridized carbons (Fsp3) is 0.727. The summed E-state index contributed by atoms with van der Waals surface area (Å²) in [7, 11) is 0. The van der Waals surface area contributed by atoms with Crippen molar-refractivity contribution >= 4 is 29.5 Å². The third-order valence-corrected chi connectivity index (χ3v) is 6.16. The van der Waals surface area contributed by atoms with Crippen molar-refractivity contribution < 1.29 is 0 Å². The molecule has 1 aliphatic carbocycles. The first-order valence-corrected chi connectivity index (χ1v) is 8.08. The first-order valence-electron chi connectivity index (χ1n) is 5.98. The molecule has 2 unspecified atom stereocenters. The number of aromatic nitrogens is 3. The van der Waals surface area contributed by atoms with Crippen LogP contribution in [0.2, 0.25) is 0 Å². The molecule has 3 rings (SSSR count). The average molecular weight is 268 g/mol. The zero-order valence-corrected chi connectivity index (χ0v) is 11.4. The van der Waals surface area contributed by atoms with Gasteiger partial charge < -0.3 is 5.73 Å². The van der Waals surface area contributed by atoms with Crippen LogP contribution in [-0.4, -0.2) is 31.7 Å². The molecule has 0 spiro atoms. The van der Waals surface area contributed by atoms with Crippen LogP contribution >= 0.6 is 23.5 Å². The molecule has 2 N–H and O–H groups in total. The predicted octanol–water partition coefficient (Wildman–Crippen LogP) is 2.24. The van der Waals surface area contributed by atoms with Crippen molar-refractivity contribution in [3.63, 3.8) is 0 Å². The third kappa shape index (κ3) is 2.52. The van der Waals surface area contributed by atoms with Gasteiger partial charge in [-0.25, -0.2) is 4.98 Å². The summed E-state index contributed by atoms with van der Waals surface area (Å²) >= 11 is 3.94. The molecule has 4 nitrogen and oxygen atoms in total. The van der Waals surface area contributed by atoms with Crippen LogP contribution in [0.3, 0.4) is 0 Å². The first-order chi connectivity index (χ1) is 8.24. The molecule has 1 saturated carbocycles. The van der Waals surface area contributed by atoms with Crippen LogP contribution in [0, 0.1) is 0 Å². The zero-order valence-electron chi connectivity index (χ0n) is 9.80. The van der Waals surface area contributed by atoms with Crippen molar-refractivity contribution in [2.75, 3.05) is 17.2 Å². The van der Waals surface area contributed by atoms with Crippen molar-refractivity contribution in [1.82, 2.24) is 15.0 Å². The monoisotopic (exact) mass is 268 g/mol. The van der Waals surface area contributed by atoms with Crippen LogP contribution in [0.5, 0.6) is 0 Å². The number of nitrogens with zero attached hydrogens (tertiary/aromatic N) is 3. The summed E-state index contributed by atoms with van der Waals surface area (Å²) in [6.45, 7) is 2.25. The molecule has 0 bridgehead atoms. The van der Waals surface area contributed by atoms with Gasteiger partial charge in [-0.2, -0.15) is 21.7 Å². The molecule has 92 valence electrons. The lowest BCUT2D eigenvalue weighted by molar-refractivity contribution is 0.775. The lowest BCUT2D eigenvalue weighted by Gasteiger charge is -2.26. The maximum Gasteiger partial charge on any atom is 0.223 e. The SMILES string of the molecule is CC1SCCSC1c1nc(N)nc(C2CC2)n1. The molecule has 1 aromatic heterocycles. The lowest BCUT2D eigenvalue weighted by atomic mass is 10.3. The number of rotatable bonds is 2. The average Bonchev–Trinajstić information content (AvgIpc) is 3.12. The lowest BCUT2D eigenvalue weighted by Crippen LogP contribution is -2.20. The molecule has 1 aliphatic heterocycles. The number of thioether (sulfide) groups is 2. The number of hydrogen-bond donors (Lipinski definition) is 1. The fourth-order valence-corrected chi connectivity index (χ4v) is 4.68. The molecule has 6 heteroatoms. The minimum absolute atomic E-state index is 0.372. The van der Waals surface area contributed by atoms with Crippen LogP contribution in [0.1, 0.15) is 42.6 Å². The van der Waals surface area contributed by atoms with Gasteiger partial charge in [0.05, 0.1) is 5.25 Å². The smallest absolute Gasteiger partial charge is 0.223 e. The van der Waals surface area contributed by atoms with E-state index in [0.29, 0.717) is 22.4 Å². The zero-order chi connectivity index (χ0) is 11.8. The maximum atomic E-state index is 5.80. The number of anilines is 1. The van der Waals surface area contributed by atoms with Gasteiger partial charge in [0.1, 0.15) is 11.6 Å². The van der Waals surface area contributed by atoms with Crippen molar-refractivity contribution in [3.8, 4) is 0 Å². The summed E-state index contributed by atoms with van der Waals surface area (Å²) in [5, 5.41) is 0.930. The van der Waals surface area contributed by atoms with E-state index < -0.39 is 0 Å². The van der Waals surface area contributed by atoms with E-state index >= 15 is 0 Å². The highest BCUT2D eigenvalue weighted by molar-refractivity contribution is 8.06. The van der Waals surface area contributed by atoms with E-state index in [9.17, 15) is 0 Å². The minimum Gasteiger partial charge on any atom is -0.368 e. The Morgan fingerprint density at radius 2 is 1.76 bits per heavy atom. The van der Waals surface area contributed by atoms with Crippen LogP contribution in [0.4, 0.5) is 5.95 Å². The summed E-state index contributed by atoms with van der Waals surface area (Å²) in [6, 6.07) is 0. The molecule has 0 amide bonds. The molecule has 2 aliphatic rings. The normalized spacial score (nSPS) is 29.2. The number of hydrogen-bond acceptors (Lipinski definition) is 6. The van der Waals surface area contributed by atoms with Gasteiger partial charge in [0.25, 0.3) is 0 Å². The van der Waals surface area contributed by atoms with Crippen molar-refractivity contribution in [3.05, 3.63) is 11.6 Å². The summed E-state index contributed by atoms with van der Waals surface area (Å²) in [5.41, 5.74) is 5.80. The Hall–Kier alpha value is -0.490. The second-order valence-electron chi connectivity index (χ2n) is 4.55. The molecule has 0 aromatic carbocycles. The quantitative estimate of drug-likeness (QED) is 0.887. The maximum absolute atomic E-state index is 5.80. The molecule has 17 heavy (non-hydrogen) atoms. The largest absolute Gasteiger partial charge is 0.368 e. The second-order valence-corrected chi connectivity index (χ2v) is 7.29. The Balaban J connectivity index is 1.90. The van der Waals surface area contributed by atoms with Crippen LogP contribution in [0.15, 0.2) is 0 Å². The summed E-state index contributed by atoms with van der Waals surface area (Å²) in [4.78, 5) is 13.2. The Labute approximate surface area is 110 Å². The van der Waals surface area contributed by atoms with Gasteiger partial charge in [0, 0.05) is 22.7 Å². The molecule has 2 fully saturated rings. The molecular weight excluding hydrogens is 252 g/mol. The van der Waals surface area contributed by atoms with E-state index in [0.717, 1.165) is 11.6 Å². The van der Waals surface area contributed by atoms with Gasteiger partial charge in [-0.15, -0.1) is 11.8 Å². The topological polar surface area (TPSA) is 64.7 Å². The Bertz CT molecular complexity index is 422. The van der Waals surface area contributed by atoms with Crippen LogP contribution < -0.4 is 5.73 Å². The van der Waals surface area contributed by atoms with E-state index in [1.165, 1.54) is 24.3 Å². The molecule has 1 aromatic rings. The summed E-state index contributed by atoms with van der Waals surface area (Å²) in [6.07, 6.45) is 2.40. The predicted molar refractivity (Wildman–Crippen MR) is 73.3 cm³/mol. The Kier molecular flexibility index (Phi) is 3.17. The Morgan fingerprint density at radius 3 is 2.47 bits per heavy atom. The van der Waals surface area contributed by atoms with E-state index in [1.807, 2.05) is 23.5 Å². The van der Waals surface area contributed by atoms with Crippen molar-refractivity contribution in [2.45, 2.75) is 36.2 Å². The Morgan fingerprint density at radius 1 is 1.06 bits per heavy atom. The molecule has 2 atom stereocenters. The first kappa shape index (κ1) is 11.6. The van der Waals surface area contributed by atoms with Crippen LogP contribution in [-0.2, 0) is 0 Å². The van der Waals surface area contributed by atoms with E-state index in [4.69, 9.17) is 5.73 Å². The standard InChI is InChI=1S/C11H16N4S2/c1-6-8(17-5-4-16-6)10-13-9(7-2-3-7)14-11(12)15-10/h6-8H,2-5H2,1H3,(H2,12,13,14,15). The highest BCUT2D eigenvalue weighted by atomic mass is 32.2. The van der Waals surface area contributed by atoms with Gasteiger partial charge in [-0.3, -0.25) is 0 Å². The van der Waals surface area contributed by atoms with Gasteiger partial charge in [0.15, 0.2) is 0 Å². The van der Waals surface area contributed by atoms with Gasteiger partial charge in [-0.05, 0) is 12.8 Å². The van der Waals surface area contributed by atoms with E-state index in [2.05, 4.69) is 21.9 Å². The van der Waals surface area contributed by atoms with E-state index in [-0.39, 0.29) is 0 Å². The van der Waals surface area contributed by atoms with Crippen LogP contribution in [0.25, 0.3) is 0 Å². The summed E-state index contributed by atoms with van der Waals surface area (Å²) in [5.74, 6) is 5.12. The fourth-order valence-electron chi connectivity index (χ4n) is 1.99. The van der Waals surface area contributed by atoms with E-state index in [1.54, 1.807) is 0 Å².